The van der Waals surface area contributed by atoms with Gasteiger partial charge in [-0.25, -0.2) is 26.8 Å². The van der Waals surface area contributed by atoms with Crippen LogP contribution >= 0.6 is 65.7 Å². The lowest BCUT2D eigenvalue weighted by molar-refractivity contribution is 0.606. The normalized spacial score (nSPS) is 10.8. The molecule has 0 unspecified atom stereocenters. The second-order valence-corrected chi connectivity index (χ2v) is 11.8. The van der Waals surface area contributed by atoms with E-state index in [1.165, 1.54) is 18.5 Å². The first-order chi connectivity index (χ1) is 12.1. The predicted octanol–water partition coefficient (Wildman–Crippen LogP) is 4.13. The van der Waals surface area contributed by atoms with Crippen LogP contribution in [0.2, 0.25) is 10.3 Å². The zero-order valence-electron chi connectivity index (χ0n) is 13.6. The minimum Gasteiger partial charge on any atom is -0.397 e. The first kappa shape index (κ1) is 26.6. The summed E-state index contributed by atoms with van der Waals surface area (Å²) in [6, 6.07) is 3.24. The van der Waals surface area contributed by atoms with E-state index in [2.05, 4.69) is 57.2 Å². The summed E-state index contributed by atoms with van der Waals surface area (Å²) in [5, 5.41) is 0.725. The third kappa shape index (κ3) is 15.3. The van der Waals surface area contributed by atoms with E-state index < -0.39 is 19.1 Å². The molecule has 152 valence electrons. The van der Waals surface area contributed by atoms with Crippen molar-refractivity contribution in [1.82, 2.24) is 9.97 Å². The number of rotatable bonds is 2. The largest absolute Gasteiger partial charge is 0.397 e. The van der Waals surface area contributed by atoms with E-state index in [-0.39, 0.29) is 0 Å². The summed E-state index contributed by atoms with van der Waals surface area (Å²) in [4.78, 5) is 7.53. The highest BCUT2D eigenvalue weighted by atomic mass is 79.9. The van der Waals surface area contributed by atoms with Gasteiger partial charge in [-0.3, -0.25) is 4.72 Å². The van der Waals surface area contributed by atoms with E-state index in [9.17, 15) is 16.8 Å². The van der Waals surface area contributed by atoms with Crippen LogP contribution in [0, 0.1) is 0 Å². The Hall–Kier alpha value is -0.370. The molecule has 2 aromatic heterocycles. The van der Waals surface area contributed by atoms with Gasteiger partial charge in [0.1, 0.15) is 10.3 Å². The van der Waals surface area contributed by atoms with Gasteiger partial charge in [0.25, 0.3) is 0 Å². The van der Waals surface area contributed by atoms with Gasteiger partial charge in [0.05, 0.1) is 45.2 Å². The van der Waals surface area contributed by atoms with Crippen molar-refractivity contribution in [2.75, 3.05) is 23.0 Å². The molecule has 8 nitrogen and oxygen atoms in total. The van der Waals surface area contributed by atoms with Crippen molar-refractivity contribution in [3.8, 4) is 0 Å². The average Bonchev–Trinajstić information content (AvgIpc) is 2.45. The van der Waals surface area contributed by atoms with Crippen molar-refractivity contribution < 1.29 is 16.8 Å². The molecule has 0 saturated heterocycles. The molecule has 0 aliphatic rings. The van der Waals surface area contributed by atoms with Crippen LogP contribution in [-0.4, -0.2) is 39.3 Å². The van der Waals surface area contributed by atoms with Crippen LogP contribution in [0.15, 0.2) is 33.5 Å². The quantitative estimate of drug-likeness (QED) is 0.388. The van der Waals surface area contributed by atoms with Crippen molar-refractivity contribution in [2.24, 2.45) is 0 Å². The Balaban J connectivity index is 0.000000419. The molecule has 0 aliphatic carbocycles. The zero-order chi connectivity index (χ0) is 21.4. The molecular weight excluding hydrogens is 594 g/mol. The Morgan fingerprint density at radius 1 is 0.963 bits per heavy atom. The lowest BCUT2D eigenvalue weighted by Gasteiger charge is -2.03. The number of hydrogen-bond donors (Lipinski definition) is 2. The van der Waals surface area contributed by atoms with E-state index in [4.69, 9.17) is 28.9 Å². The number of nitrogens with one attached hydrogen (secondary N) is 1. The maximum atomic E-state index is 10.8. The lowest BCUT2D eigenvalue weighted by atomic mass is 10.4. The molecule has 0 aliphatic heterocycles. The fourth-order valence-corrected chi connectivity index (χ4v) is 2.59. The Kier molecular flexibility index (Phi) is 11.4. The SMILES string of the molecule is CS(=O)(=O)Cl.CS(=O)(=O)Nc1cnc(Cl)c(Br)c1.Nc1cnc(Cl)c(Br)c1. The van der Waals surface area contributed by atoms with E-state index in [1.807, 2.05) is 0 Å². The third-order valence-electron chi connectivity index (χ3n) is 1.92. The zero-order valence-corrected chi connectivity index (χ0v) is 20.7. The monoisotopic (exact) mass is 604 g/mol. The summed E-state index contributed by atoms with van der Waals surface area (Å²) >= 11 is 17.5. The number of aromatic nitrogens is 2. The maximum Gasteiger partial charge on any atom is 0.229 e. The van der Waals surface area contributed by atoms with E-state index in [0.717, 1.165) is 17.0 Å². The minimum absolute atomic E-state index is 0.291. The molecule has 0 spiro atoms. The molecule has 2 rings (SSSR count). The Labute approximate surface area is 188 Å². The number of sulfonamides is 1. The second-order valence-electron chi connectivity index (χ2n) is 4.59. The van der Waals surface area contributed by atoms with Crippen LogP contribution in [0.5, 0.6) is 0 Å². The van der Waals surface area contributed by atoms with Gasteiger partial charge in [-0.1, -0.05) is 23.2 Å². The number of halogens is 5. The van der Waals surface area contributed by atoms with Gasteiger partial charge in [-0.15, -0.1) is 0 Å². The number of anilines is 2. The average molecular weight is 608 g/mol. The number of nitrogens with zero attached hydrogens (tertiary/aromatic N) is 2. The Bertz CT molecular complexity index is 984. The van der Waals surface area contributed by atoms with Gasteiger partial charge in [-0.05, 0) is 44.0 Å². The fraction of sp³-hybridized carbons (Fsp3) is 0.167. The summed E-state index contributed by atoms with van der Waals surface area (Å²) in [6.45, 7) is 0. The molecule has 0 atom stereocenters. The van der Waals surface area contributed by atoms with Gasteiger partial charge in [-0.2, -0.15) is 0 Å². The molecule has 0 radical (unpaired) electrons. The van der Waals surface area contributed by atoms with Gasteiger partial charge in [0.2, 0.25) is 19.1 Å². The summed E-state index contributed by atoms with van der Waals surface area (Å²) in [7, 11) is -1.95. The molecule has 2 aromatic rings. The highest BCUT2D eigenvalue weighted by Crippen LogP contribution is 2.23. The molecule has 0 aromatic carbocycles. The highest BCUT2D eigenvalue weighted by Gasteiger charge is 2.04. The Morgan fingerprint density at radius 3 is 1.70 bits per heavy atom. The molecule has 2 heterocycles. The van der Waals surface area contributed by atoms with Crippen molar-refractivity contribution >= 4 is 96.2 Å². The van der Waals surface area contributed by atoms with Gasteiger partial charge >= 0.3 is 0 Å². The molecule has 3 N–H and O–H groups in total. The van der Waals surface area contributed by atoms with Crippen LogP contribution in [0.1, 0.15) is 0 Å². The van der Waals surface area contributed by atoms with E-state index in [1.54, 1.807) is 6.07 Å². The first-order valence-corrected chi connectivity index (χ1v) is 13.3. The van der Waals surface area contributed by atoms with Crippen LogP contribution in [0.3, 0.4) is 0 Å². The molecule has 0 saturated carbocycles. The Morgan fingerprint density at radius 2 is 1.37 bits per heavy atom. The fourth-order valence-electron chi connectivity index (χ4n) is 1.13. The topological polar surface area (TPSA) is 132 Å². The molecular formula is C12H13Br2Cl3N4O4S2. The third-order valence-corrected chi connectivity index (χ3v) is 4.79. The van der Waals surface area contributed by atoms with Crippen molar-refractivity contribution in [3.05, 3.63) is 43.8 Å². The lowest BCUT2D eigenvalue weighted by Crippen LogP contribution is -2.09. The van der Waals surface area contributed by atoms with Crippen molar-refractivity contribution in [3.63, 3.8) is 0 Å². The molecule has 15 heteroatoms. The van der Waals surface area contributed by atoms with E-state index in [0.29, 0.717) is 26.2 Å². The first-order valence-electron chi connectivity index (χ1n) is 6.33. The van der Waals surface area contributed by atoms with Crippen molar-refractivity contribution in [2.45, 2.75) is 0 Å². The van der Waals surface area contributed by atoms with Gasteiger partial charge < -0.3 is 5.73 Å². The predicted molar refractivity (Wildman–Crippen MR) is 117 cm³/mol. The van der Waals surface area contributed by atoms with Gasteiger partial charge in [0.15, 0.2) is 0 Å². The standard InChI is InChI=1S/C6H6BrClN2O2S.C5H4BrClN2.CH3ClO2S/c1-13(11,12)10-4-2-5(7)6(8)9-3-4;6-4-1-3(8)2-9-5(4)7;1-5(2,3)4/h2-3,10H,1H3;1-2H,8H2;1H3. The second kappa shape index (κ2) is 11.6. The smallest absolute Gasteiger partial charge is 0.229 e. The summed E-state index contributed by atoms with van der Waals surface area (Å²) in [5.41, 5.74) is 6.35. The number of nitrogens with two attached hydrogens (primary N) is 1. The maximum absolute atomic E-state index is 10.8. The number of nitrogen functional groups attached to an aromatic ring is 1. The molecule has 0 amide bonds. The van der Waals surface area contributed by atoms with Crippen LogP contribution in [0.4, 0.5) is 11.4 Å². The number of pyridine rings is 2. The number of hydrogen-bond acceptors (Lipinski definition) is 7. The van der Waals surface area contributed by atoms with Crippen LogP contribution in [-0.2, 0) is 19.1 Å². The minimum atomic E-state index is -3.26. The van der Waals surface area contributed by atoms with Crippen LogP contribution < -0.4 is 10.5 Å². The molecule has 27 heavy (non-hydrogen) atoms. The van der Waals surface area contributed by atoms with Crippen LogP contribution in [0.25, 0.3) is 0 Å². The van der Waals surface area contributed by atoms with Gasteiger partial charge in [0, 0.05) is 10.7 Å². The molecule has 0 fully saturated rings. The summed E-state index contributed by atoms with van der Waals surface area (Å²) in [5.74, 6) is 0. The highest BCUT2D eigenvalue weighted by molar-refractivity contribution is 9.10. The summed E-state index contributed by atoms with van der Waals surface area (Å²) in [6.07, 6.45) is 4.84. The summed E-state index contributed by atoms with van der Waals surface area (Å²) < 4.78 is 44.0. The van der Waals surface area contributed by atoms with Crippen molar-refractivity contribution in [1.29, 1.82) is 0 Å². The molecule has 0 bridgehead atoms. The van der Waals surface area contributed by atoms with E-state index >= 15 is 0 Å².